The van der Waals surface area contributed by atoms with Crippen molar-refractivity contribution in [1.29, 1.82) is 0 Å². The van der Waals surface area contributed by atoms with E-state index in [1.165, 1.54) is 0 Å². The van der Waals surface area contributed by atoms with Crippen LogP contribution in [0, 0.1) is 0 Å². The monoisotopic (exact) mass is 495 g/mol. The van der Waals surface area contributed by atoms with E-state index in [0.717, 1.165) is 15.9 Å². The molecule has 0 spiro atoms. The fourth-order valence-electron chi connectivity index (χ4n) is 4.24. The smallest absolute Gasteiger partial charge is 0.281 e. The third-order valence-electron chi connectivity index (χ3n) is 5.96. The quantitative estimate of drug-likeness (QED) is 0.140. The van der Waals surface area contributed by atoms with E-state index in [0.29, 0.717) is 0 Å². The Morgan fingerprint density at radius 2 is 1.34 bits per heavy atom. The van der Waals surface area contributed by atoms with E-state index in [2.05, 4.69) is 30.8 Å². The zero-order valence-electron chi connectivity index (χ0n) is 20.3. The van der Waals surface area contributed by atoms with E-state index in [4.69, 9.17) is 14.7 Å². The predicted molar refractivity (Wildman–Crippen MR) is 138 cm³/mol. The molecule has 8 heteroatoms. The van der Waals surface area contributed by atoms with Gasteiger partial charge >= 0.3 is 0 Å². The van der Waals surface area contributed by atoms with Gasteiger partial charge < -0.3 is 9.16 Å². The number of nitrogens with zero attached hydrogens (tertiary/aromatic N) is 3. The van der Waals surface area contributed by atoms with Crippen LogP contribution in [0.3, 0.4) is 0 Å². The minimum absolute atomic E-state index is 0.0367. The highest BCUT2D eigenvalue weighted by Crippen LogP contribution is 2.37. The molecule has 3 aromatic rings. The van der Waals surface area contributed by atoms with Crippen LogP contribution >= 0.6 is 0 Å². The Morgan fingerprint density at radius 3 is 1.80 bits per heavy atom. The number of rotatable bonds is 11. The Hall–Kier alpha value is -3.03. The summed E-state index contributed by atoms with van der Waals surface area (Å²) in [4.78, 5) is 2.70. The normalized spacial score (nSPS) is 13.2. The van der Waals surface area contributed by atoms with Crippen LogP contribution in [-0.4, -0.2) is 33.5 Å². The van der Waals surface area contributed by atoms with Crippen molar-refractivity contribution in [1.82, 2.24) is 0 Å². The third-order valence-corrected chi connectivity index (χ3v) is 11.0. The molecule has 5 nitrogen and oxygen atoms in total. The SMILES string of the molecule is CC(C)(C)[Si](OC[C@@H](N=[N+]=[N-])C(F)(F)COCc1ccccc1)(c1ccccc1)c1ccccc1. The number of ether oxygens (including phenoxy) is 1. The van der Waals surface area contributed by atoms with Crippen molar-refractivity contribution in [2.24, 2.45) is 5.11 Å². The van der Waals surface area contributed by atoms with E-state index in [1.54, 1.807) is 12.1 Å². The summed E-state index contributed by atoms with van der Waals surface area (Å²) in [6.07, 6.45) is 0. The van der Waals surface area contributed by atoms with Gasteiger partial charge in [0.1, 0.15) is 12.6 Å². The lowest BCUT2D eigenvalue weighted by Crippen LogP contribution is -2.67. The molecular formula is C27H31F2N3O2Si. The Bertz CT molecular complexity index is 1060. The molecule has 1 atom stereocenters. The summed E-state index contributed by atoms with van der Waals surface area (Å²) >= 11 is 0. The lowest BCUT2D eigenvalue weighted by Gasteiger charge is -2.43. The van der Waals surface area contributed by atoms with Crippen LogP contribution in [0.15, 0.2) is 96.1 Å². The summed E-state index contributed by atoms with van der Waals surface area (Å²) in [5.74, 6) is -3.41. The molecule has 0 fully saturated rings. The molecule has 35 heavy (non-hydrogen) atoms. The van der Waals surface area contributed by atoms with E-state index in [-0.39, 0.29) is 6.61 Å². The molecule has 0 saturated carbocycles. The first-order valence-electron chi connectivity index (χ1n) is 11.5. The standard InChI is InChI=1S/C27H31F2N3O2Si/c1-26(2,3)35(23-15-9-5-10-16-23,24-17-11-6-12-18-24)34-20-25(31-32-30)27(28,29)21-33-19-22-13-7-4-8-14-22/h4-18,25H,19-21H2,1-3H3/t25-/m1/s1. The van der Waals surface area contributed by atoms with Crippen LogP contribution < -0.4 is 10.4 Å². The van der Waals surface area contributed by atoms with Crippen molar-refractivity contribution in [3.63, 3.8) is 0 Å². The molecule has 0 amide bonds. The van der Waals surface area contributed by atoms with Crippen LogP contribution in [0.1, 0.15) is 26.3 Å². The molecule has 0 aliphatic rings. The molecule has 3 rings (SSSR count). The van der Waals surface area contributed by atoms with Gasteiger partial charge in [0.15, 0.2) is 0 Å². The maximum Gasteiger partial charge on any atom is 0.281 e. The first kappa shape index (κ1) is 26.6. The number of hydrogen-bond acceptors (Lipinski definition) is 3. The van der Waals surface area contributed by atoms with Gasteiger partial charge in [0.25, 0.3) is 14.2 Å². The van der Waals surface area contributed by atoms with E-state index >= 15 is 8.78 Å². The maximum atomic E-state index is 15.2. The molecule has 0 heterocycles. The summed E-state index contributed by atoms with van der Waals surface area (Å²) in [6.45, 7) is 4.90. The number of alkyl halides is 2. The maximum absolute atomic E-state index is 15.2. The molecule has 3 aromatic carbocycles. The second-order valence-electron chi connectivity index (χ2n) is 9.43. The van der Waals surface area contributed by atoms with Crippen LogP contribution in [0.25, 0.3) is 10.4 Å². The average molecular weight is 496 g/mol. The Balaban J connectivity index is 1.89. The molecule has 0 N–H and O–H groups in total. The molecule has 0 unspecified atom stereocenters. The van der Waals surface area contributed by atoms with Crippen molar-refractivity contribution in [2.45, 2.75) is 44.4 Å². The fourth-order valence-corrected chi connectivity index (χ4v) is 8.81. The molecule has 184 valence electrons. The zero-order valence-corrected chi connectivity index (χ0v) is 21.3. The van der Waals surface area contributed by atoms with E-state index < -0.39 is 38.5 Å². The van der Waals surface area contributed by atoms with Gasteiger partial charge in [-0.05, 0) is 26.5 Å². The molecule has 0 aliphatic heterocycles. The number of halogens is 2. The third kappa shape index (κ3) is 6.35. The minimum atomic E-state index is -3.41. The number of benzene rings is 3. The lowest BCUT2D eigenvalue weighted by atomic mass is 10.2. The molecule has 0 aromatic heterocycles. The summed E-state index contributed by atoms with van der Waals surface area (Å²) in [5, 5.41) is 4.97. The minimum Gasteiger partial charge on any atom is -0.407 e. The summed E-state index contributed by atoms with van der Waals surface area (Å²) < 4.78 is 42.3. The largest absolute Gasteiger partial charge is 0.407 e. The molecule has 0 aliphatic carbocycles. The fraction of sp³-hybridized carbons (Fsp3) is 0.333. The van der Waals surface area contributed by atoms with Crippen LogP contribution in [0.2, 0.25) is 5.04 Å². The first-order valence-corrected chi connectivity index (χ1v) is 13.4. The van der Waals surface area contributed by atoms with Gasteiger partial charge in [-0.1, -0.05) is 117 Å². The van der Waals surface area contributed by atoms with Crippen molar-refractivity contribution >= 4 is 18.7 Å². The molecule has 0 saturated heterocycles. The number of hydrogen-bond donors (Lipinski definition) is 0. The molecular weight excluding hydrogens is 464 g/mol. The average Bonchev–Trinajstić information content (AvgIpc) is 2.85. The van der Waals surface area contributed by atoms with Gasteiger partial charge in [-0.3, -0.25) is 0 Å². The highest BCUT2D eigenvalue weighted by Gasteiger charge is 2.51. The van der Waals surface area contributed by atoms with Crippen LogP contribution in [0.5, 0.6) is 0 Å². The number of azide groups is 1. The first-order chi connectivity index (χ1) is 16.7. The second-order valence-corrected chi connectivity index (χ2v) is 13.7. The molecule has 0 bridgehead atoms. The Kier molecular flexibility index (Phi) is 8.80. The van der Waals surface area contributed by atoms with Gasteiger partial charge in [0, 0.05) is 11.5 Å². The lowest BCUT2D eigenvalue weighted by molar-refractivity contribution is -0.104. The van der Waals surface area contributed by atoms with E-state index in [1.807, 2.05) is 78.9 Å². The van der Waals surface area contributed by atoms with Crippen molar-refractivity contribution < 1.29 is 17.9 Å². The zero-order chi connectivity index (χ0) is 25.4. The van der Waals surface area contributed by atoms with Gasteiger partial charge in [-0.15, -0.1) is 0 Å². The second kappa shape index (κ2) is 11.6. The molecule has 0 radical (unpaired) electrons. The van der Waals surface area contributed by atoms with Crippen LogP contribution in [-0.2, 0) is 15.8 Å². The van der Waals surface area contributed by atoms with Crippen molar-refractivity contribution in [3.8, 4) is 0 Å². The Labute approximate surface area is 206 Å². The van der Waals surface area contributed by atoms with Gasteiger partial charge in [0.05, 0.1) is 6.61 Å². The van der Waals surface area contributed by atoms with Crippen LogP contribution in [0.4, 0.5) is 8.78 Å². The van der Waals surface area contributed by atoms with Gasteiger partial charge in [0.2, 0.25) is 0 Å². The predicted octanol–water partition coefficient (Wildman–Crippen LogP) is 6.09. The highest BCUT2D eigenvalue weighted by atomic mass is 28.4. The van der Waals surface area contributed by atoms with Gasteiger partial charge in [-0.25, -0.2) is 8.78 Å². The van der Waals surface area contributed by atoms with Crippen molar-refractivity contribution in [2.75, 3.05) is 13.2 Å². The summed E-state index contributed by atoms with van der Waals surface area (Å²) in [7, 11) is -3.06. The van der Waals surface area contributed by atoms with Crippen molar-refractivity contribution in [3.05, 3.63) is 107 Å². The van der Waals surface area contributed by atoms with Gasteiger partial charge in [-0.2, -0.15) is 0 Å². The topological polar surface area (TPSA) is 67.2 Å². The highest BCUT2D eigenvalue weighted by molar-refractivity contribution is 6.99. The summed E-state index contributed by atoms with van der Waals surface area (Å²) in [6, 6.07) is 26.8. The Morgan fingerprint density at radius 1 is 0.857 bits per heavy atom. The summed E-state index contributed by atoms with van der Waals surface area (Å²) in [5.41, 5.74) is 9.85. The van der Waals surface area contributed by atoms with E-state index in [9.17, 15) is 0 Å².